The number of aromatic nitrogens is 3. The Morgan fingerprint density at radius 1 is 1.41 bits per heavy atom. The molecule has 1 saturated carbocycles. The van der Waals surface area contributed by atoms with Crippen LogP contribution in [0.15, 0.2) is 12.3 Å². The van der Waals surface area contributed by atoms with E-state index in [0.29, 0.717) is 10.9 Å². The fraction of sp³-hybridized carbons (Fsp3) is 0.250. The molecule has 0 bridgehead atoms. The number of rotatable bonds is 5. The molecule has 4 rings (SSSR count). The number of hydrogen-bond acceptors (Lipinski definition) is 5. The lowest BCUT2D eigenvalue weighted by Crippen LogP contribution is -2.17. The molecule has 0 spiro atoms. The maximum atomic E-state index is 13.2. The van der Waals surface area contributed by atoms with Crippen molar-refractivity contribution < 1.29 is 18.4 Å². The van der Waals surface area contributed by atoms with Gasteiger partial charge in [0.05, 0.1) is 16.9 Å². The van der Waals surface area contributed by atoms with Crippen molar-refractivity contribution in [2.75, 3.05) is 5.32 Å². The van der Waals surface area contributed by atoms with E-state index in [0.717, 1.165) is 24.2 Å². The lowest BCUT2D eigenvalue weighted by Gasteiger charge is -2.09. The van der Waals surface area contributed by atoms with Gasteiger partial charge in [0.1, 0.15) is 21.1 Å². The molecule has 0 unspecified atom stereocenters. The van der Waals surface area contributed by atoms with Gasteiger partial charge in [0.25, 0.3) is 18.2 Å². The Morgan fingerprint density at radius 2 is 2.15 bits per heavy atom. The number of pyridine rings is 1. The number of carbonyl (C=O) groups excluding carboxylic acids is 2. The molecule has 27 heavy (non-hydrogen) atoms. The number of amides is 2. The first-order valence-electron chi connectivity index (χ1n) is 7.92. The number of carbonyl (C=O) groups is 2. The number of hydrogen-bond donors (Lipinski definition) is 3. The number of H-pyrrole nitrogens is 1. The van der Waals surface area contributed by atoms with Gasteiger partial charge in [0.15, 0.2) is 0 Å². The van der Waals surface area contributed by atoms with Crippen LogP contribution in [0.2, 0.25) is 5.02 Å². The molecule has 1 aliphatic carbocycles. The number of thiophene rings is 1. The summed E-state index contributed by atoms with van der Waals surface area (Å²) in [7, 11) is 0. The van der Waals surface area contributed by atoms with Gasteiger partial charge in [0, 0.05) is 5.39 Å². The normalized spacial score (nSPS) is 14.1. The lowest BCUT2D eigenvalue weighted by atomic mass is 10.0. The summed E-state index contributed by atoms with van der Waals surface area (Å²) in [5, 5.41) is 9.33. The highest BCUT2D eigenvalue weighted by Crippen LogP contribution is 2.48. The Balaban J connectivity index is 1.90. The van der Waals surface area contributed by atoms with Crippen molar-refractivity contribution in [1.29, 1.82) is 0 Å². The SMILES string of the molecule is NC(=O)c1sc2nc(C(F)F)cc(C3CC3)c2c1NC(=O)c1[nH]ncc1Cl. The predicted molar refractivity (Wildman–Crippen MR) is 96.6 cm³/mol. The van der Waals surface area contributed by atoms with Gasteiger partial charge in [-0.3, -0.25) is 14.7 Å². The fourth-order valence-electron chi connectivity index (χ4n) is 2.87. The van der Waals surface area contributed by atoms with Crippen LogP contribution >= 0.6 is 22.9 Å². The quantitative estimate of drug-likeness (QED) is 0.591. The third-order valence-electron chi connectivity index (χ3n) is 4.24. The van der Waals surface area contributed by atoms with Gasteiger partial charge in [0.2, 0.25) is 0 Å². The minimum absolute atomic E-state index is 0.0107. The molecular formula is C16H12ClF2N5O2S. The number of aromatic amines is 1. The topological polar surface area (TPSA) is 114 Å². The molecular weight excluding hydrogens is 400 g/mol. The molecule has 3 aromatic rings. The van der Waals surface area contributed by atoms with E-state index in [4.69, 9.17) is 17.3 Å². The molecule has 0 saturated heterocycles. The first-order chi connectivity index (χ1) is 12.9. The van der Waals surface area contributed by atoms with Crippen LogP contribution in [-0.4, -0.2) is 27.0 Å². The van der Waals surface area contributed by atoms with Crippen molar-refractivity contribution in [2.45, 2.75) is 25.2 Å². The molecule has 11 heteroatoms. The summed E-state index contributed by atoms with van der Waals surface area (Å²) in [5.74, 6) is -1.33. The second-order valence-electron chi connectivity index (χ2n) is 6.11. The number of primary amides is 1. The summed E-state index contributed by atoms with van der Waals surface area (Å²) in [5.41, 5.74) is 5.88. The zero-order valence-corrected chi connectivity index (χ0v) is 15.1. The average Bonchev–Trinajstić information content (AvgIpc) is 3.27. The van der Waals surface area contributed by atoms with Crippen molar-refractivity contribution >= 4 is 50.7 Å². The Hall–Kier alpha value is -2.59. The van der Waals surface area contributed by atoms with Gasteiger partial charge in [-0.05, 0) is 30.4 Å². The summed E-state index contributed by atoms with van der Waals surface area (Å²) >= 11 is 6.78. The standard InChI is InChI=1S/C16H12ClF2N5O2S/c17-7-4-21-24-10(7)15(26)23-11-9-6(5-1-2-5)3-8(13(18)19)22-16(9)27-12(11)14(20)25/h3-5,13H,1-2H2,(H2,20,25)(H,21,24)(H,23,26). The Kier molecular flexibility index (Phi) is 4.31. The van der Waals surface area contributed by atoms with Gasteiger partial charge in [-0.25, -0.2) is 13.8 Å². The number of alkyl halides is 2. The Labute approximate surface area is 159 Å². The van der Waals surface area contributed by atoms with Crippen molar-refractivity contribution in [3.8, 4) is 0 Å². The van der Waals surface area contributed by atoms with E-state index in [2.05, 4.69) is 20.5 Å². The van der Waals surface area contributed by atoms with Crippen LogP contribution in [0.4, 0.5) is 14.5 Å². The van der Waals surface area contributed by atoms with E-state index in [1.807, 2.05) is 0 Å². The van der Waals surface area contributed by atoms with Gasteiger partial charge in [-0.15, -0.1) is 11.3 Å². The number of anilines is 1. The number of fused-ring (bicyclic) bond motifs is 1. The summed E-state index contributed by atoms with van der Waals surface area (Å²) in [6, 6.07) is 1.33. The van der Waals surface area contributed by atoms with Crippen LogP contribution in [0.5, 0.6) is 0 Å². The van der Waals surface area contributed by atoms with E-state index < -0.39 is 18.2 Å². The maximum absolute atomic E-state index is 13.2. The fourth-order valence-corrected chi connectivity index (χ4v) is 4.07. The smallest absolute Gasteiger partial charge is 0.280 e. The molecule has 1 aliphatic rings. The Bertz CT molecular complexity index is 1080. The van der Waals surface area contributed by atoms with E-state index in [9.17, 15) is 18.4 Å². The number of nitrogens with one attached hydrogen (secondary N) is 2. The minimum Gasteiger partial charge on any atom is -0.365 e. The molecule has 140 valence electrons. The first kappa shape index (κ1) is 17.8. The molecule has 0 aromatic carbocycles. The summed E-state index contributed by atoms with van der Waals surface area (Å²) in [4.78, 5) is 28.7. The number of nitrogens with zero attached hydrogens (tertiary/aromatic N) is 2. The molecule has 2 amide bonds. The zero-order valence-electron chi connectivity index (χ0n) is 13.6. The van der Waals surface area contributed by atoms with Crippen molar-refractivity contribution in [3.63, 3.8) is 0 Å². The summed E-state index contributed by atoms with van der Waals surface area (Å²) in [6.45, 7) is 0. The van der Waals surface area contributed by atoms with E-state index in [1.54, 1.807) is 0 Å². The molecule has 3 aromatic heterocycles. The van der Waals surface area contributed by atoms with E-state index >= 15 is 0 Å². The van der Waals surface area contributed by atoms with Gasteiger partial charge in [-0.2, -0.15) is 5.10 Å². The third-order valence-corrected chi connectivity index (χ3v) is 5.62. The number of nitrogens with two attached hydrogens (primary N) is 1. The maximum Gasteiger partial charge on any atom is 0.280 e. The van der Waals surface area contributed by atoms with Crippen LogP contribution in [0.3, 0.4) is 0 Å². The monoisotopic (exact) mass is 411 g/mol. The molecule has 4 N–H and O–H groups in total. The molecule has 0 radical (unpaired) electrons. The molecule has 0 aliphatic heterocycles. The van der Waals surface area contributed by atoms with Gasteiger partial charge >= 0.3 is 0 Å². The highest BCUT2D eigenvalue weighted by atomic mass is 35.5. The first-order valence-corrected chi connectivity index (χ1v) is 9.11. The largest absolute Gasteiger partial charge is 0.365 e. The van der Waals surface area contributed by atoms with Gasteiger partial charge < -0.3 is 11.1 Å². The van der Waals surface area contributed by atoms with Crippen molar-refractivity contribution in [3.05, 3.63) is 39.1 Å². The molecule has 1 fully saturated rings. The highest BCUT2D eigenvalue weighted by Gasteiger charge is 2.32. The van der Waals surface area contributed by atoms with E-state index in [-0.39, 0.29) is 37.7 Å². The van der Waals surface area contributed by atoms with Crippen LogP contribution in [0.1, 0.15) is 56.6 Å². The van der Waals surface area contributed by atoms with Crippen molar-refractivity contribution in [1.82, 2.24) is 15.2 Å². The second kappa shape index (κ2) is 6.54. The second-order valence-corrected chi connectivity index (χ2v) is 7.52. The molecule has 3 heterocycles. The van der Waals surface area contributed by atoms with Crippen LogP contribution < -0.4 is 11.1 Å². The van der Waals surface area contributed by atoms with Crippen LogP contribution in [0, 0.1) is 0 Å². The average molecular weight is 412 g/mol. The summed E-state index contributed by atoms with van der Waals surface area (Å²) in [6.07, 6.45) is 0.198. The lowest BCUT2D eigenvalue weighted by molar-refractivity contribution is 0.100. The molecule has 7 nitrogen and oxygen atoms in total. The minimum atomic E-state index is -2.74. The molecule has 0 atom stereocenters. The summed E-state index contributed by atoms with van der Waals surface area (Å²) < 4.78 is 26.4. The van der Waals surface area contributed by atoms with Crippen LogP contribution in [-0.2, 0) is 0 Å². The predicted octanol–water partition coefficient (Wildman–Crippen LogP) is 3.84. The number of halogens is 3. The van der Waals surface area contributed by atoms with Crippen LogP contribution in [0.25, 0.3) is 10.2 Å². The Morgan fingerprint density at radius 3 is 2.70 bits per heavy atom. The van der Waals surface area contributed by atoms with Gasteiger partial charge in [-0.1, -0.05) is 11.6 Å². The third kappa shape index (κ3) is 3.15. The highest BCUT2D eigenvalue weighted by molar-refractivity contribution is 7.21. The zero-order chi connectivity index (χ0) is 19.3. The van der Waals surface area contributed by atoms with Crippen molar-refractivity contribution in [2.24, 2.45) is 5.73 Å². The van der Waals surface area contributed by atoms with E-state index in [1.165, 1.54) is 12.3 Å².